The topological polar surface area (TPSA) is 66.6 Å². The maximum absolute atomic E-state index is 12.5. The van der Waals surface area contributed by atoms with Crippen LogP contribution in [0, 0.1) is 5.92 Å². The number of benzene rings is 1. The number of nitrogens with two attached hydrogens (primary N) is 1. The molecule has 1 aromatic rings. The van der Waals surface area contributed by atoms with Crippen molar-refractivity contribution in [3.63, 3.8) is 0 Å². The molecule has 1 fully saturated rings. The highest BCUT2D eigenvalue weighted by Gasteiger charge is 2.24. The van der Waals surface area contributed by atoms with Crippen LogP contribution in [0.25, 0.3) is 0 Å². The van der Waals surface area contributed by atoms with Gasteiger partial charge in [-0.25, -0.2) is 0 Å². The molecule has 114 valence electrons. The summed E-state index contributed by atoms with van der Waals surface area (Å²) in [6.45, 7) is 6.34. The summed E-state index contributed by atoms with van der Waals surface area (Å²) in [5.74, 6) is 0.104. The minimum absolute atomic E-state index is 0.00276. The Labute approximate surface area is 125 Å². The van der Waals surface area contributed by atoms with Crippen LogP contribution in [0.1, 0.15) is 30.6 Å². The fraction of sp³-hybridized carbons (Fsp3) is 0.500. The molecule has 0 spiro atoms. The summed E-state index contributed by atoms with van der Waals surface area (Å²) in [5.41, 5.74) is 6.91. The lowest BCUT2D eigenvalue weighted by Crippen LogP contribution is -2.39. The molecule has 5 heteroatoms. The van der Waals surface area contributed by atoms with Crippen LogP contribution in [0.2, 0.25) is 0 Å². The summed E-state index contributed by atoms with van der Waals surface area (Å²) in [5, 5.41) is 0. The van der Waals surface area contributed by atoms with Gasteiger partial charge in [0.15, 0.2) is 0 Å². The van der Waals surface area contributed by atoms with Gasteiger partial charge in [-0.15, -0.1) is 0 Å². The summed E-state index contributed by atoms with van der Waals surface area (Å²) < 4.78 is 0. The maximum atomic E-state index is 12.5. The van der Waals surface area contributed by atoms with Gasteiger partial charge in [-0.3, -0.25) is 9.59 Å². The number of amides is 2. The molecule has 2 N–H and O–H groups in total. The van der Waals surface area contributed by atoms with E-state index in [2.05, 4.69) is 0 Å². The third-order valence-electron chi connectivity index (χ3n) is 3.78. The normalized spacial score (nSPS) is 16.0. The van der Waals surface area contributed by atoms with Crippen LogP contribution >= 0.6 is 0 Å². The van der Waals surface area contributed by atoms with Crippen molar-refractivity contribution in [2.24, 2.45) is 5.92 Å². The number of hydrogen-bond acceptors (Lipinski definition) is 3. The van der Waals surface area contributed by atoms with Gasteiger partial charge < -0.3 is 15.5 Å². The van der Waals surface area contributed by atoms with Crippen LogP contribution in [0.5, 0.6) is 0 Å². The highest BCUT2D eigenvalue weighted by atomic mass is 16.2. The zero-order chi connectivity index (χ0) is 15.4. The number of nitrogens with zero attached hydrogens (tertiary/aromatic N) is 2. The maximum Gasteiger partial charge on any atom is 0.256 e. The number of carbonyl (C=O) groups excluding carboxylic acids is 2. The van der Waals surface area contributed by atoms with E-state index < -0.39 is 0 Å². The largest absolute Gasteiger partial charge is 0.398 e. The average molecular weight is 289 g/mol. The first-order valence-corrected chi connectivity index (χ1v) is 7.43. The fourth-order valence-electron chi connectivity index (χ4n) is 2.57. The van der Waals surface area contributed by atoms with Crippen LogP contribution in [0.4, 0.5) is 5.69 Å². The monoisotopic (exact) mass is 289 g/mol. The highest BCUT2D eigenvalue weighted by Crippen LogP contribution is 2.15. The van der Waals surface area contributed by atoms with Crippen molar-refractivity contribution < 1.29 is 9.59 Å². The molecule has 1 aliphatic heterocycles. The van der Waals surface area contributed by atoms with E-state index >= 15 is 0 Å². The quantitative estimate of drug-likeness (QED) is 0.841. The van der Waals surface area contributed by atoms with Crippen LogP contribution in [0.15, 0.2) is 24.3 Å². The van der Waals surface area contributed by atoms with E-state index in [9.17, 15) is 9.59 Å². The van der Waals surface area contributed by atoms with Crippen LogP contribution in [-0.2, 0) is 4.79 Å². The van der Waals surface area contributed by atoms with Crippen molar-refractivity contribution in [3.8, 4) is 0 Å². The van der Waals surface area contributed by atoms with Crippen LogP contribution in [0.3, 0.4) is 0 Å². The molecule has 0 atom stereocenters. The van der Waals surface area contributed by atoms with E-state index in [1.165, 1.54) is 0 Å². The lowest BCUT2D eigenvalue weighted by molar-refractivity contribution is -0.134. The number of nitrogen functional groups attached to an aromatic ring is 1. The van der Waals surface area contributed by atoms with Gasteiger partial charge in [0.1, 0.15) is 0 Å². The van der Waals surface area contributed by atoms with Crippen molar-refractivity contribution >= 4 is 17.5 Å². The molecule has 0 radical (unpaired) electrons. The molecule has 1 aliphatic rings. The Kier molecular flexibility index (Phi) is 4.83. The van der Waals surface area contributed by atoms with Crippen molar-refractivity contribution in [1.29, 1.82) is 0 Å². The zero-order valence-electron chi connectivity index (χ0n) is 12.7. The standard InChI is InChI=1S/C16H23N3O2/c1-12(2)15(20)18-8-5-9-19(11-10-18)16(21)13-6-3-4-7-14(13)17/h3-4,6-7,12H,5,8-11,17H2,1-2H3. The van der Waals surface area contributed by atoms with Crippen molar-refractivity contribution in [3.05, 3.63) is 29.8 Å². The molecule has 2 amide bonds. The third kappa shape index (κ3) is 3.54. The molecule has 0 unspecified atom stereocenters. The second-order valence-electron chi connectivity index (χ2n) is 5.71. The molecule has 2 rings (SSSR count). The highest BCUT2D eigenvalue weighted by molar-refractivity contribution is 5.99. The molecule has 5 nitrogen and oxygen atoms in total. The molecule has 0 aliphatic carbocycles. The summed E-state index contributed by atoms with van der Waals surface area (Å²) in [6, 6.07) is 7.12. The Bertz CT molecular complexity index is 528. The van der Waals surface area contributed by atoms with Crippen molar-refractivity contribution in [1.82, 2.24) is 9.80 Å². The van der Waals surface area contributed by atoms with E-state index in [0.29, 0.717) is 37.4 Å². The van der Waals surface area contributed by atoms with Gasteiger partial charge >= 0.3 is 0 Å². The van der Waals surface area contributed by atoms with Gasteiger partial charge in [-0.2, -0.15) is 0 Å². The minimum Gasteiger partial charge on any atom is -0.398 e. The van der Waals surface area contributed by atoms with E-state index in [0.717, 1.165) is 6.42 Å². The number of rotatable bonds is 2. The van der Waals surface area contributed by atoms with Crippen molar-refractivity contribution in [2.45, 2.75) is 20.3 Å². The molecule has 0 saturated carbocycles. The minimum atomic E-state index is -0.0491. The van der Waals surface area contributed by atoms with Gasteiger partial charge in [0.05, 0.1) is 5.56 Å². The van der Waals surface area contributed by atoms with Crippen LogP contribution < -0.4 is 5.73 Å². The molecule has 1 heterocycles. The first-order valence-electron chi connectivity index (χ1n) is 7.43. The predicted octanol–water partition coefficient (Wildman–Crippen LogP) is 1.60. The smallest absolute Gasteiger partial charge is 0.256 e. The second kappa shape index (κ2) is 6.61. The Morgan fingerprint density at radius 1 is 1.05 bits per heavy atom. The lowest BCUT2D eigenvalue weighted by atomic mass is 10.1. The van der Waals surface area contributed by atoms with Gasteiger partial charge in [0.25, 0.3) is 5.91 Å². The summed E-state index contributed by atoms with van der Waals surface area (Å²) in [7, 11) is 0. The molecule has 21 heavy (non-hydrogen) atoms. The first-order chi connectivity index (χ1) is 10.0. The first kappa shape index (κ1) is 15.4. The molecule has 0 aromatic heterocycles. The Balaban J connectivity index is 2.05. The molecule has 1 saturated heterocycles. The Morgan fingerprint density at radius 3 is 2.33 bits per heavy atom. The van der Waals surface area contributed by atoms with E-state index in [-0.39, 0.29) is 17.7 Å². The average Bonchev–Trinajstić information content (AvgIpc) is 2.72. The second-order valence-corrected chi connectivity index (χ2v) is 5.71. The lowest BCUT2D eigenvalue weighted by Gasteiger charge is -2.23. The number of carbonyl (C=O) groups is 2. The molecular formula is C16H23N3O2. The van der Waals surface area contributed by atoms with E-state index in [1.807, 2.05) is 30.9 Å². The fourth-order valence-corrected chi connectivity index (χ4v) is 2.57. The number of anilines is 1. The van der Waals surface area contributed by atoms with Gasteiger partial charge in [-0.05, 0) is 18.6 Å². The SMILES string of the molecule is CC(C)C(=O)N1CCCN(C(=O)c2ccccc2N)CC1. The zero-order valence-corrected chi connectivity index (χ0v) is 12.7. The van der Waals surface area contributed by atoms with Crippen LogP contribution in [-0.4, -0.2) is 47.8 Å². The van der Waals surface area contributed by atoms with Gasteiger partial charge in [-0.1, -0.05) is 26.0 Å². The molecule has 0 bridgehead atoms. The number of para-hydroxylation sites is 1. The Morgan fingerprint density at radius 2 is 1.67 bits per heavy atom. The van der Waals surface area contributed by atoms with Gasteiger partial charge in [0.2, 0.25) is 5.91 Å². The summed E-state index contributed by atoms with van der Waals surface area (Å²) in [6.07, 6.45) is 0.803. The van der Waals surface area contributed by atoms with Gasteiger partial charge in [0, 0.05) is 37.8 Å². The van der Waals surface area contributed by atoms with E-state index in [1.54, 1.807) is 17.0 Å². The predicted molar refractivity (Wildman–Crippen MR) is 82.8 cm³/mol. The molecule has 1 aromatic carbocycles. The van der Waals surface area contributed by atoms with Crippen molar-refractivity contribution in [2.75, 3.05) is 31.9 Å². The molecular weight excluding hydrogens is 266 g/mol. The summed E-state index contributed by atoms with van der Waals surface area (Å²) >= 11 is 0. The third-order valence-corrected chi connectivity index (χ3v) is 3.78. The summed E-state index contributed by atoms with van der Waals surface area (Å²) in [4.78, 5) is 28.2. The Hall–Kier alpha value is -2.04. The number of hydrogen-bond donors (Lipinski definition) is 1. The van der Waals surface area contributed by atoms with E-state index in [4.69, 9.17) is 5.73 Å².